The van der Waals surface area contributed by atoms with E-state index in [9.17, 15) is 5.11 Å². The molecule has 1 aromatic carbocycles. The Bertz CT molecular complexity index is 444. The topological polar surface area (TPSA) is 47.9 Å². The van der Waals surface area contributed by atoms with E-state index in [0.29, 0.717) is 17.4 Å². The molecule has 0 saturated carbocycles. The van der Waals surface area contributed by atoms with E-state index in [-0.39, 0.29) is 0 Å². The van der Waals surface area contributed by atoms with Crippen molar-refractivity contribution in [1.29, 1.82) is 0 Å². The molecule has 20 heavy (non-hydrogen) atoms. The van der Waals surface area contributed by atoms with Crippen molar-refractivity contribution in [2.24, 2.45) is 5.92 Å². The van der Waals surface area contributed by atoms with Crippen LogP contribution >= 0.6 is 15.9 Å². The Morgan fingerprint density at radius 3 is 2.45 bits per heavy atom. The van der Waals surface area contributed by atoms with Gasteiger partial charge in [0.15, 0.2) is 11.5 Å². The van der Waals surface area contributed by atoms with Crippen LogP contribution < -0.4 is 9.47 Å². The summed E-state index contributed by atoms with van der Waals surface area (Å²) in [6.45, 7) is 1.59. The van der Waals surface area contributed by atoms with E-state index in [2.05, 4.69) is 15.9 Å². The standard InChI is InChI=1S/C15H21BrO4/c1-18-14-8-11(12(16)9-15(14)19-2)13(17)7-10-3-5-20-6-4-10/h8-10,13,17H,3-7H2,1-2H3. The Balaban J connectivity index is 2.13. The number of aliphatic hydroxyl groups excluding tert-OH is 1. The Morgan fingerprint density at radius 1 is 1.25 bits per heavy atom. The summed E-state index contributed by atoms with van der Waals surface area (Å²) >= 11 is 3.50. The summed E-state index contributed by atoms with van der Waals surface area (Å²) in [6, 6.07) is 3.67. The van der Waals surface area contributed by atoms with Gasteiger partial charge in [-0.2, -0.15) is 0 Å². The number of benzene rings is 1. The quantitative estimate of drug-likeness (QED) is 0.889. The second kappa shape index (κ2) is 7.29. The van der Waals surface area contributed by atoms with Crippen LogP contribution in [0, 0.1) is 5.92 Å². The van der Waals surface area contributed by atoms with Gasteiger partial charge in [0.2, 0.25) is 0 Å². The summed E-state index contributed by atoms with van der Waals surface area (Å²) in [5.41, 5.74) is 0.842. The highest BCUT2D eigenvalue weighted by Gasteiger charge is 2.22. The number of hydrogen-bond acceptors (Lipinski definition) is 4. The van der Waals surface area contributed by atoms with Crippen molar-refractivity contribution < 1.29 is 19.3 Å². The van der Waals surface area contributed by atoms with Crippen LogP contribution in [-0.2, 0) is 4.74 Å². The Morgan fingerprint density at radius 2 is 1.85 bits per heavy atom. The van der Waals surface area contributed by atoms with Crippen LogP contribution in [0.4, 0.5) is 0 Å². The maximum absolute atomic E-state index is 10.5. The number of methoxy groups -OCH3 is 2. The Kier molecular flexibility index (Phi) is 5.69. The third kappa shape index (κ3) is 3.65. The van der Waals surface area contributed by atoms with Crippen molar-refractivity contribution in [3.63, 3.8) is 0 Å². The van der Waals surface area contributed by atoms with Crippen LogP contribution in [0.25, 0.3) is 0 Å². The highest BCUT2D eigenvalue weighted by atomic mass is 79.9. The van der Waals surface area contributed by atoms with Gasteiger partial charge in [0, 0.05) is 17.7 Å². The molecule has 0 bridgehead atoms. The normalized spacial score (nSPS) is 17.8. The molecule has 1 aliphatic heterocycles. The SMILES string of the molecule is COc1cc(Br)c(C(O)CC2CCOCC2)cc1OC. The summed E-state index contributed by atoms with van der Waals surface area (Å²) in [5.74, 6) is 1.80. The molecule has 4 nitrogen and oxygen atoms in total. The van der Waals surface area contributed by atoms with Gasteiger partial charge < -0.3 is 19.3 Å². The van der Waals surface area contributed by atoms with E-state index in [0.717, 1.165) is 42.5 Å². The minimum absolute atomic E-state index is 0.507. The van der Waals surface area contributed by atoms with Crippen molar-refractivity contribution >= 4 is 15.9 Å². The average molecular weight is 345 g/mol. The summed E-state index contributed by atoms with van der Waals surface area (Å²) in [5, 5.41) is 10.5. The van der Waals surface area contributed by atoms with Gasteiger partial charge in [-0.3, -0.25) is 0 Å². The van der Waals surface area contributed by atoms with Crippen molar-refractivity contribution in [1.82, 2.24) is 0 Å². The first-order chi connectivity index (χ1) is 9.65. The largest absolute Gasteiger partial charge is 0.493 e. The van der Waals surface area contributed by atoms with E-state index in [4.69, 9.17) is 14.2 Å². The first-order valence-electron chi connectivity index (χ1n) is 6.83. The average Bonchev–Trinajstić information content (AvgIpc) is 2.47. The van der Waals surface area contributed by atoms with E-state index in [1.165, 1.54) is 0 Å². The van der Waals surface area contributed by atoms with Crippen LogP contribution in [0.2, 0.25) is 0 Å². The molecule has 1 atom stereocenters. The first-order valence-corrected chi connectivity index (χ1v) is 7.62. The van der Waals surface area contributed by atoms with Crippen LogP contribution in [0.3, 0.4) is 0 Å². The third-order valence-corrected chi connectivity index (χ3v) is 4.45. The molecule has 1 aromatic rings. The van der Waals surface area contributed by atoms with Gasteiger partial charge in [-0.1, -0.05) is 15.9 Å². The lowest BCUT2D eigenvalue weighted by Gasteiger charge is -2.25. The monoisotopic (exact) mass is 344 g/mol. The van der Waals surface area contributed by atoms with Gasteiger partial charge >= 0.3 is 0 Å². The molecule has 0 spiro atoms. The summed E-state index contributed by atoms with van der Waals surface area (Å²) in [4.78, 5) is 0. The fourth-order valence-electron chi connectivity index (χ4n) is 2.55. The van der Waals surface area contributed by atoms with Crippen LogP contribution in [0.1, 0.15) is 30.9 Å². The molecule has 0 aliphatic carbocycles. The highest BCUT2D eigenvalue weighted by Crippen LogP contribution is 2.38. The third-order valence-electron chi connectivity index (χ3n) is 3.76. The highest BCUT2D eigenvalue weighted by molar-refractivity contribution is 9.10. The Labute approximate surface area is 128 Å². The number of rotatable bonds is 5. The second-order valence-corrected chi connectivity index (χ2v) is 5.89. The fourth-order valence-corrected chi connectivity index (χ4v) is 3.14. The van der Waals surface area contributed by atoms with Crippen molar-refractivity contribution in [2.75, 3.05) is 27.4 Å². The van der Waals surface area contributed by atoms with Crippen LogP contribution in [0.5, 0.6) is 11.5 Å². The van der Waals surface area contributed by atoms with Crippen molar-refractivity contribution in [2.45, 2.75) is 25.4 Å². The molecule has 1 heterocycles. The summed E-state index contributed by atoms with van der Waals surface area (Å²) in [7, 11) is 3.20. The van der Waals surface area contributed by atoms with Crippen molar-refractivity contribution in [3.8, 4) is 11.5 Å². The van der Waals surface area contributed by atoms with Gasteiger partial charge in [-0.15, -0.1) is 0 Å². The molecule has 0 amide bonds. The zero-order chi connectivity index (χ0) is 14.5. The molecule has 1 aliphatic rings. The molecule has 1 fully saturated rings. The number of hydrogen-bond donors (Lipinski definition) is 1. The van der Waals surface area contributed by atoms with Crippen LogP contribution in [0.15, 0.2) is 16.6 Å². The van der Waals surface area contributed by atoms with Gasteiger partial charge in [0.1, 0.15) is 0 Å². The predicted molar refractivity (Wildman–Crippen MR) is 80.4 cm³/mol. The maximum atomic E-state index is 10.5. The minimum atomic E-state index is -0.507. The molecule has 5 heteroatoms. The van der Waals surface area contributed by atoms with E-state index in [1.54, 1.807) is 14.2 Å². The lowest BCUT2D eigenvalue weighted by Crippen LogP contribution is -2.18. The molecule has 112 valence electrons. The minimum Gasteiger partial charge on any atom is -0.493 e. The summed E-state index contributed by atoms with van der Waals surface area (Å²) in [6.07, 6.45) is 2.27. The number of ether oxygens (including phenoxy) is 3. The summed E-state index contributed by atoms with van der Waals surface area (Å²) < 4.78 is 16.7. The molecule has 2 rings (SSSR count). The van der Waals surface area contributed by atoms with Gasteiger partial charge in [0.05, 0.1) is 20.3 Å². The zero-order valence-corrected chi connectivity index (χ0v) is 13.5. The molecule has 1 unspecified atom stereocenters. The second-order valence-electron chi connectivity index (χ2n) is 5.04. The maximum Gasteiger partial charge on any atom is 0.161 e. The van der Waals surface area contributed by atoms with E-state index < -0.39 is 6.10 Å². The number of halogens is 1. The van der Waals surface area contributed by atoms with Gasteiger partial charge in [-0.05, 0) is 42.9 Å². The fraction of sp³-hybridized carbons (Fsp3) is 0.600. The first kappa shape index (κ1) is 15.6. The molecule has 1 N–H and O–H groups in total. The predicted octanol–water partition coefficient (Wildman–Crippen LogP) is 3.32. The number of aliphatic hydroxyl groups is 1. The molecular weight excluding hydrogens is 324 g/mol. The molecular formula is C15H21BrO4. The van der Waals surface area contributed by atoms with E-state index in [1.807, 2.05) is 12.1 Å². The van der Waals surface area contributed by atoms with Gasteiger partial charge in [0.25, 0.3) is 0 Å². The van der Waals surface area contributed by atoms with Crippen molar-refractivity contribution in [3.05, 3.63) is 22.2 Å². The smallest absolute Gasteiger partial charge is 0.161 e. The molecule has 1 saturated heterocycles. The lowest BCUT2D eigenvalue weighted by molar-refractivity contribution is 0.0433. The molecule has 0 aromatic heterocycles. The lowest BCUT2D eigenvalue weighted by atomic mass is 9.91. The van der Waals surface area contributed by atoms with Crippen LogP contribution in [-0.4, -0.2) is 32.5 Å². The van der Waals surface area contributed by atoms with Gasteiger partial charge in [-0.25, -0.2) is 0 Å². The zero-order valence-electron chi connectivity index (χ0n) is 11.9. The Hall–Kier alpha value is -0.780. The molecule has 0 radical (unpaired) electrons. The van der Waals surface area contributed by atoms with E-state index >= 15 is 0 Å².